The zero-order chi connectivity index (χ0) is 15.9. The summed E-state index contributed by atoms with van der Waals surface area (Å²) in [6.45, 7) is 8.91. The van der Waals surface area contributed by atoms with E-state index in [4.69, 9.17) is 4.74 Å². The Morgan fingerprint density at radius 3 is 2.43 bits per heavy atom. The molecule has 118 valence electrons. The molecule has 2 N–H and O–H groups in total. The first-order chi connectivity index (χ1) is 9.86. The summed E-state index contributed by atoms with van der Waals surface area (Å²) >= 11 is 0. The molecule has 4 nitrogen and oxygen atoms in total. The van der Waals surface area contributed by atoms with Crippen LogP contribution < -0.4 is 10.6 Å². The van der Waals surface area contributed by atoms with E-state index in [1.165, 1.54) is 0 Å². The lowest BCUT2D eigenvalue weighted by atomic mass is 9.99. The van der Waals surface area contributed by atoms with Crippen molar-refractivity contribution in [3.8, 4) is 0 Å². The summed E-state index contributed by atoms with van der Waals surface area (Å²) in [5.41, 5.74) is 1.95. The maximum absolute atomic E-state index is 11.5. The van der Waals surface area contributed by atoms with Crippen LogP contribution in [0.5, 0.6) is 0 Å². The lowest BCUT2D eigenvalue weighted by molar-refractivity contribution is -0.120. The van der Waals surface area contributed by atoms with E-state index in [-0.39, 0.29) is 11.5 Å². The highest BCUT2D eigenvalue weighted by Crippen LogP contribution is 2.19. The number of ether oxygens (including phenoxy) is 1. The second-order valence-corrected chi connectivity index (χ2v) is 6.04. The Bertz CT molecular complexity index is 441. The van der Waals surface area contributed by atoms with Crippen LogP contribution in [0, 0.1) is 0 Å². The summed E-state index contributed by atoms with van der Waals surface area (Å²) in [6.07, 6.45) is 1.35. The molecule has 4 heteroatoms. The molecule has 0 fully saturated rings. The first-order valence-corrected chi connectivity index (χ1v) is 7.53. The number of benzene rings is 1. The SMILES string of the molecule is CCNC(=O)Cc1ccc(NC(C)CC(C)(C)OC)cc1. The van der Waals surface area contributed by atoms with Gasteiger partial charge in [0.1, 0.15) is 0 Å². The number of anilines is 1. The van der Waals surface area contributed by atoms with Gasteiger partial charge in [0.2, 0.25) is 5.91 Å². The minimum Gasteiger partial charge on any atom is -0.382 e. The van der Waals surface area contributed by atoms with E-state index in [2.05, 4.69) is 31.4 Å². The molecule has 1 aromatic carbocycles. The predicted molar refractivity (Wildman–Crippen MR) is 87.6 cm³/mol. The topological polar surface area (TPSA) is 50.4 Å². The molecule has 0 saturated heterocycles. The lowest BCUT2D eigenvalue weighted by Gasteiger charge is -2.27. The van der Waals surface area contributed by atoms with E-state index >= 15 is 0 Å². The van der Waals surface area contributed by atoms with Gasteiger partial charge in [-0.1, -0.05) is 12.1 Å². The van der Waals surface area contributed by atoms with Crippen molar-refractivity contribution in [3.05, 3.63) is 29.8 Å². The smallest absolute Gasteiger partial charge is 0.224 e. The van der Waals surface area contributed by atoms with E-state index in [0.717, 1.165) is 17.7 Å². The maximum atomic E-state index is 11.5. The van der Waals surface area contributed by atoms with Crippen molar-refractivity contribution in [2.24, 2.45) is 0 Å². The third-order valence-electron chi connectivity index (χ3n) is 3.46. The number of carbonyl (C=O) groups excluding carboxylic acids is 1. The van der Waals surface area contributed by atoms with Crippen LogP contribution in [0.4, 0.5) is 5.69 Å². The van der Waals surface area contributed by atoms with Gasteiger partial charge >= 0.3 is 0 Å². The second-order valence-electron chi connectivity index (χ2n) is 6.04. The van der Waals surface area contributed by atoms with Crippen molar-refractivity contribution in [2.75, 3.05) is 19.0 Å². The Kier molecular flexibility index (Phi) is 6.69. The summed E-state index contributed by atoms with van der Waals surface area (Å²) < 4.78 is 5.45. The van der Waals surface area contributed by atoms with Crippen molar-refractivity contribution in [3.63, 3.8) is 0 Å². The van der Waals surface area contributed by atoms with Crippen LogP contribution in [0.2, 0.25) is 0 Å². The van der Waals surface area contributed by atoms with Gasteiger partial charge in [0.05, 0.1) is 12.0 Å². The lowest BCUT2D eigenvalue weighted by Crippen LogP contribution is -2.31. The minimum absolute atomic E-state index is 0.0634. The Balaban J connectivity index is 2.52. The summed E-state index contributed by atoms with van der Waals surface area (Å²) in [4.78, 5) is 11.5. The van der Waals surface area contributed by atoms with Gasteiger partial charge in [0.25, 0.3) is 0 Å². The minimum atomic E-state index is -0.134. The fourth-order valence-electron chi connectivity index (χ4n) is 2.32. The molecular weight excluding hydrogens is 264 g/mol. The molecule has 1 rings (SSSR count). The number of hydrogen-bond donors (Lipinski definition) is 2. The van der Waals surface area contributed by atoms with E-state index in [1.807, 2.05) is 31.2 Å². The normalized spacial score (nSPS) is 12.8. The molecule has 0 radical (unpaired) electrons. The number of rotatable bonds is 8. The van der Waals surface area contributed by atoms with Crippen LogP contribution in [0.15, 0.2) is 24.3 Å². The average Bonchev–Trinajstić information content (AvgIpc) is 2.40. The van der Waals surface area contributed by atoms with Crippen molar-refractivity contribution in [1.29, 1.82) is 0 Å². The molecule has 0 heterocycles. The molecule has 21 heavy (non-hydrogen) atoms. The van der Waals surface area contributed by atoms with E-state index in [1.54, 1.807) is 7.11 Å². The molecule has 0 saturated carbocycles. The standard InChI is InChI=1S/C17H28N2O2/c1-6-18-16(20)11-14-7-9-15(10-8-14)19-13(2)12-17(3,4)21-5/h7-10,13,19H,6,11-12H2,1-5H3,(H,18,20). The van der Waals surface area contributed by atoms with E-state index < -0.39 is 0 Å². The molecule has 0 aliphatic carbocycles. The zero-order valence-electron chi connectivity index (χ0n) is 13.8. The Labute approximate surface area is 128 Å². The first kappa shape index (κ1) is 17.5. The maximum Gasteiger partial charge on any atom is 0.224 e. The van der Waals surface area contributed by atoms with Gasteiger partial charge < -0.3 is 15.4 Å². The monoisotopic (exact) mass is 292 g/mol. The van der Waals surface area contributed by atoms with Gasteiger partial charge in [-0.05, 0) is 51.8 Å². The summed E-state index contributed by atoms with van der Waals surface area (Å²) in [6, 6.07) is 8.34. The van der Waals surface area contributed by atoms with Crippen molar-refractivity contribution >= 4 is 11.6 Å². The largest absolute Gasteiger partial charge is 0.382 e. The number of hydrogen-bond acceptors (Lipinski definition) is 3. The number of nitrogens with one attached hydrogen (secondary N) is 2. The van der Waals surface area contributed by atoms with Crippen LogP contribution in [0.3, 0.4) is 0 Å². The highest BCUT2D eigenvalue weighted by atomic mass is 16.5. The third kappa shape index (κ3) is 6.63. The van der Waals surface area contributed by atoms with Crippen LogP contribution >= 0.6 is 0 Å². The fraction of sp³-hybridized carbons (Fsp3) is 0.588. The summed E-state index contributed by atoms with van der Waals surface area (Å²) in [5, 5.41) is 6.26. The van der Waals surface area contributed by atoms with Crippen LogP contribution in [-0.2, 0) is 16.0 Å². The van der Waals surface area contributed by atoms with Gasteiger partial charge in [-0.2, -0.15) is 0 Å². The molecule has 0 aromatic heterocycles. The van der Waals surface area contributed by atoms with Crippen LogP contribution in [0.25, 0.3) is 0 Å². The van der Waals surface area contributed by atoms with E-state index in [0.29, 0.717) is 19.0 Å². The van der Waals surface area contributed by atoms with Gasteiger partial charge in [0, 0.05) is 25.4 Å². The second kappa shape index (κ2) is 8.03. The third-order valence-corrected chi connectivity index (χ3v) is 3.46. The Morgan fingerprint density at radius 2 is 1.90 bits per heavy atom. The van der Waals surface area contributed by atoms with Gasteiger partial charge in [-0.3, -0.25) is 4.79 Å². The average molecular weight is 292 g/mol. The molecule has 1 unspecified atom stereocenters. The first-order valence-electron chi connectivity index (χ1n) is 7.53. The molecule has 0 spiro atoms. The van der Waals surface area contributed by atoms with Gasteiger partial charge in [0.15, 0.2) is 0 Å². The number of carbonyl (C=O) groups is 1. The number of likely N-dealkylation sites (N-methyl/N-ethyl adjacent to an activating group) is 1. The predicted octanol–water partition coefficient (Wildman–Crippen LogP) is 2.98. The van der Waals surface area contributed by atoms with Crippen molar-refractivity contribution < 1.29 is 9.53 Å². The molecule has 1 amide bonds. The fourth-order valence-corrected chi connectivity index (χ4v) is 2.32. The van der Waals surface area contributed by atoms with Gasteiger partial charge in [-0.25, -0.2) is 0 Å². The quantitative estimate of drug-likeness (QED) is 0.774. The molecule has 1 aromatic rings. The highest BCUT2D eigenvalue weighted by Gasteiger charge is 2.19. The molecule has 0 bridgehead atoms. The summed E-state index contributed by atoms with van der Waals surface area (Å²) in [5.74, 6) is 0.0634. The van der Waals surface area contributed by atoms with Crippen LogP contribution in [0.1, 0.15) is 39.7 Å². The number of methoxy groups -OCH3 is 1. The van der Waals surface area contributed by atoms with Crippen LogP contribution in [-0.4, -0.2) is 31.2 Å². The number of amides is 1. The molecule has 0 aliphatic rings. The summed E-state index contributed by atoms with van der Waals surface area (Å²) in [7, 11) is 1.74. The van der Waals surface area contributed by atoms with Gasteiger partial charge in [-0.15, -0.1) is 0 Å². The Morgan fingerprint density at radius 1 is 1.29 bits per heavy atom. The zero-order valence-corrected chi connectivity index (χ0v) is 13.8. The highest BCUT2D eigenvalue weighted by molar-refractivity contribution is 5.78. The van der Waals surface area contributed by atoms with Crippen molar-refractivity contribution in [2.45, 2.75) is 52.2 Å². The molecule has 1 atom stereocenters. The molecule has 0 aliphatic heterocycles. The molecular formula is C17H28N2O2. The van der Waals surface area contributed by atoms with E-state index in [9.17, 15) is 4.79 Å². The van der Waals surface area contributed by atoms with Crippen molar-refractivity contribution in [1.82, 2.24) is 5.32 Å². The Hall–Kier alpha value is -1.55.